The molecule has 0 amide bonds. The summed E-state index contributed by atoms with van der Waals surface area (Å²) in [6.07, 6.45) is 1.95. The fraction of sp³-hybridized carbons (Fsp3) is 0.150. The number of fused-ring (bicyclic) bond motifs is 1. The van der Waals surface area contributed by atoms with Crippen molar-refractivity contribution in [2.75, 3.05) is 16.8 Å². The number of aromatic nitrogens is 6. The molecule has 0 aliphatic carbocycles. The first kappa shape index (κ1) is 20.3. The van der Waals surface area contributed by atoms with Crippen LogP contribution in [0.4, 0.5) is 17.6 Å². The Balaban J connectivity index is 1.98. The number of anilines is 3. The van der Waals surface area contributed by atoms with E-state index in [1.54, 1.807) is 24.3 Å². The Morgan fingerprint density at radius 1 is 1.19 bits per heavy atom. The van der Waals surface area contributed by atoms with E-state index in [1.165, 1.54) is 10.8 Å². The molecule has 12 heteroatoms. The number of para-hydroxylation sites is 1. The van der Waals surface area contributed by atoms with Crippen molar-refractivity contribution in [3.63, 3.8) is 0 Å². The van der Waals surface area contributed by atoms with Crippen LogP contribution in [0.15, 0.2) is 35.3 Å². The largest absolute Gasteiger partial charge is 0.382 e. The van der Waals surface area contributed by atoms with E-state index in [2.05, 4.69) is 36.5 Å². The Kier molecular flexibility index (Phi) is 5.10. The molecule has 3 aromatic heterocycles. The molecule has 1 aromatic carbocycles. The van der Waals surface area contributed by atoms with Crippen LogP contribution in [0.2, 0.25) is 0 Å². The summed E-state index contributed by atoms with van der Waals surface area (Å²) in [6.45, 7) is 1.86. The molecule has 0 saturated heterocycles. The zero-order chi connectivity index (χ0) is 22.8. The Morgan fingerprint density at radius 3 is 2.66 bits per heavy atom. The van der Waals surface area contributed by atoms with Gasteiger partial charge >= 0.3 is 0 Å². The highest BCUT2D eigenvalue weighted by molar-refractivity contribution is 5.83. The maximum atomic E-state index is 13.4. The predicted octanol–water partition coefficient (Wildman–Crippen LogP) is 1.37. The number of aromatic amines is 1. The summed E-state index contributed by atoms with van der Waals surface area (Å²) in [5.41, 5.74) is 11.7. The molecule has 4 rings (SSSR count). The van der Waals surface area contributed by atoms with E-state index in [4.69, 9.17) is 11.5 Å². The Bertz CT molecular complexity index is 1460. The van der Waals surface area contributed by atoms with E-state index in [-0.39, 0.29) is 51.0 Å². The van der Waals surface area contributed by atoms with Gasteiger partial charge in [-0.05, 0) is 18.6 Å². The first-order valence-corrected chi connectivity index (χ1v) is 9.53. The molecule has 32 heavy (non-hydrogen) atoms. The van der Waals surface area contributed by atoms with Gasteiger partial charge < -0.3 is 16.8 Å². The number of H-pyrrole nitrogens is 1. The standard InChI is InChI=1S/C20H17N11O/c1-2-13(26-17-12(9-22)16(23)28-20(24)29-17)18-27-15-10(8-21)4-3-5-11(15)19(32)31(18)14-6-7-25-30-14/h3-7,13H,2H2,1H3,(H,25,30)(H5,23,24,26,28,29)/t13-/m0/s1. The van der Waals surface area contributed by atoms with Gasteiger partial charge in [0.15, 0.2) is 5.82 Å². The molecule has 0 aliphatic rings. The van der Waals surface area contributed by atoms with Gasteiger partial charge in [0, 0.05) is 6.07 Å². The fourth-order valence-corrected chi connectivity index (χ4v) is 3.38. The van der Waals surface area contributed by atoms with Crippen molar-refractivity contribution in [2.24, 2.45) is 0 Å². The number of hydrogen-bond donors (Lipinski definition) is 4. The molecule has 0 saturated carbocycles. The van der Waals surface area contributed by atoms with Crippen molar-refractivity contribution in [2.45, 2.75) is 19.4 Å². The summed E-state index contributed by atoms with van der Waals surface area (Å²) in [4.78, 5) is 26.0. The smallest absolute Gasteiger partial charge is 0.267 e. The van der Waals surface area contributed by atoms with E-state index in [0.29, 0.717) is 12.2 Å². The molecule has 3 heterocycles. The lowest BCUT2D eigenvalue weighted by atomic mass is 10.1. The Labute approximate surface area is 181 Å². The molecule has 6 N–H and O–H groups in total. The topological polar surface area (TPSA) is 201 Å². The number of nitrogens with two attached hydrogens (primary N) is 2. The third kappa shape index (κ3) is 3.32. The second kappa shape index (κ2) is 8.04. The van der Waals surface area contributed by atoms with Gasteiger partial charge in [-0.1, -0.05) is 13.0 Å². The van der Waals surface area contributed by atoms with Crippen LogP contribution >= 0.6 is 0 Å². The van der Waals surface area contributed by atoms with E-state index in [9.17, 15) is 15.3 Å². The van der Waals surface area contributed by atoms with Crippen LogP contribution in [0.25, 0.3) is 16.7 Å². The SMILES string of the molecule is CC[C@H](Nc1nc(N)nc(N)c1C#N)c1nc2c(C#N)cccc2c(=O)n1-c1ccn[nH]1. The fourth-order valence-electron chi connectivity index (χ4n) is 3.38. The van der Waals surface area contributed by atoms with E-state index in [0.717, 1.165) is 0 Å². The average molecular weight is 427 g/mol. The predicted molar refractivity (Wildman–Crippen MR) is 116 cm³/mol. The lowest BCUT2D eigenvalue weighted by Crippen LogP contribution is -2.29. The minimum absolute atomic E-state index is 0.0200. The number of nitriles is 2. The van der Waals surface area contributed by atoms with Gasteiger partial charge in [-0.2, -0.15) is 25.6 Å². The summed E-state index contributed by atoms with van der Waals surface area (Å²) >= 11 is 0. The molecule has 0 fully saturated rings. The molecule has 0 spiro atoms. The van der Waals surface area contributed by atoms with Crippen molar-refractivity contribution in [1.82, 2.24) is 29.7 Å². The first-order valence-electron chi connectivity index (χ1n) is 9.53. The monoisotopic (exact) mass is 427 g/mol. The third-order valence-electron chi connectivity index (χ3n) is 4.87. The third-order valence-corrected chi connectivity index (χ3v) is 4.87. The van der Waals surface area contributed by atoms with Crippen LogP contribution in [-0.2, 0) is 0 Å². The second-order valence-corrected chi connectivity index (χ2v) is 6.77. The number of nitrogens with zero attached hydrogens (tertiary/aromatic N) is 7. The Hall–Kier alpha value is -4.97. The Morgan fingerprint density at radius 2 is 2.00 bits per heavy atom. The van der Waals surface area contributed by atoms with Gasteiger partial charge in [0.2, 0.25) is 5.95 Å². The summed E-state index contributed by atoms with van der Waals surface area (Å²) in [5.74, 6) is 0.619. The van der Waals surface area contributed by atoms with Crippen LogP contribution in [0.1, 0.15) is 36.3 Å². The second-order valence-electron chi connectivity index (χ2n) is 6.77. The quantitative estimate of drug-likeness (QED) is 0.360. The summed E-state index contributed by atoms with van der Waals surface area (Å²) in [5, 5.41) is 29.1. The van der Waals surface area contributed by atoms with Gasteiger partial charge in [-0.3, -0.25) is 9.89 Å². The van der Waals surface area contributed by atoms with Crippen molar-refractivity contribution in [3.8, 4) is 18.0 Å². The minimum Gasteiger partial charge on any atom is -0.382 e. The normalized spacial score (nSPS) is 11.6. The van der Waals surface area contributed by atoms with Gasteiger partial charge in [-0.15, -0.1) is 0 Å². The number of nitrogens with one attached hydrogen (secondary N) is 2. The minimum atomic E-state index is -0.608. The number of rotatable bonds is 5. The summed E-state index contributed by atoms with van der Waals surface area (Å²) in [6, 6.07) is 9.87. The van der Waals surface area contributed by atoms with Gasteiger partial charge in [0.25, 0.3) is 5.56 Å². The molecular formula is C20H17N11O. The van der Waals surface area contributed by atoms with E-state index >= 15 is 0 Å². The zero-order valence-corrected chi connectivity index (χ0v) is 16.9. The molecule has 158 valence electrons. The highest BCUT2D eigenvalue weighted by atomic mass is 16.1. The number of nitrogen functional groups attached to an aromatic ring is 2. The molecule has 0 aliphatic heterocycles. The molecule has 0 radical (unpaired) electrons. The first-order chi connectivity index (χ1) is 15.5. The van der Waals surface area contributed by atoms with Gasteiger partial charge in [0.05, 0.1) is 28.7 Å². The van der Waals surface area contributed by atoms with Crippen LogP contribution in [0.5, 0.6) is 0 Å². The van der Waals surface area contributed by atoms with Crippen molar-refractivity contribution in [1.29, 1.82) is 10.5 Å². The number of hydrogen-bond acceptors (Lipinski definition) is 10. The average Bonchev–Trinajstić information content (AvgIpc) is 3.31. The van der Waals surface area contributed by atoms with Crippen LogP contribution < -0.4 is 22.3 Å². The molecule has 4 aromatic rings. The number of benzene rings is 1. The van der Waals surface area contributed by atoms with Gasteiger partial charge in [0.1, 0.15) is 35.2 Å². The lowest BCUT2D eigenvalue weighted by molar-refractivity contribution is 0.652. The summed E-state index contributed by atoms with van der Waals surface area (Å²) in [7, 11) is 0. The highest BCUT2D eigenvalue weighted by Gasteiger charge is 2.24. The maximum absolute atomic E-state index is 13.4. The summed E-state index contributed by atoms with van der Waals surface area (Å²) < 4.78 is 1.37. The van der Waals surface area contributed by atoms with Crippen molar-refractivity contribution >= 4 is 28.5 Å². The van der Waals surface area contributed by atoms with Crippen LogP contribution in [0.3, 0.4) is 0 Å². The van der Waals surface area contributed by atoms with Crippen molar-refractivity contribution in [3.05, 3.63) is 57.8 Å². The molecule has 1 atom stereocenters. The van der Waals surface area contributed by atoms with Crippen LogP contribution in [-0.4, -0.2) is 29.7 Å². The molecule has 0 bridgehead atoms. The molecule has 12 nitrogen and oxygen atoms in total. The molecule has 0 unspecified atom stereocenters. The zero-order valence-electron chi connectivity index (χ0n) is 16.9. The van der Waals surface area contributed by atoms with E-state index < -0.39 is 6.04 Å². The maximum Gasteiger partial charge on any atom is 0.267 e. The lowest BCUT2D eigenvalue weighted by Gasteiger charge is -2.22. The van der Waals surface area contributed by atoms with Crippen LogP contribution in [0, 0.1) is 22.7 Å². The molecular weight excluding hydrogens is 410 g/mol. The highest BCUT2D eigenvalue weighted by Crippen LogP contribution is 2.27. The van der Waals surface area contributed by atoms with E-state index in [1.807, 2.05) is 13.0 Å². The van der Waals surface area contributed by atoms with Gasteiger partial charge in [-0.25, -0.2) is 9.55 Å². The van der Waals surface area contributed by atoms with Crippen molar-refractivity contribution < 1.29 is 0 Å².